The summed E-state index contributed by atoms with van der Waals surface area (Å²) in [5.41, 5.74) is 13.8. The lowest BCUT2D eigenvalue weighted by molar-refractivity contribution is 0.111. The number of benzene rings is 9. The van der Waals surface area contributed by atoms with E-state index in [1.54, 1.807) is 72.8 Å². The molecule has 294 valence electrons. The van der Waals surface area contributed by atoms with E-state index in [0.29, 0.717) is 33.4 Å². The van der Waals surface area contributed by atoms with Crippen LogP contribution in [-0.2, 0) is 0 Å². The van der Waals surface area contributed by atoms with Crippen LogP contribution in [0.3, 0.4) is 0 Å². The van der Waals surface area contributed by atoms with Crippen molar-refractivity contribution in [2.45, 2.75) is 0 Å². The number of carbonyl (C=O) groups is 6. The van der Waals surface area contributed by atoms with E-state index in [1.165, 1.54) is 0 Å². The van der Waals surface area contributed by atoms with Gasteiger partial charge >= 0.3 is 0 Å². The van der Waals surface area contributed by atoms with Gasteiger partial charge in [-0.05, 0) is 113 Å². The van der Waals surface area contributed by atoms with Gasteiger partial charge in [-0.3, -0.25) is 28.8 Å². The van der Waals surface area contributed by atoms with Crippen LogP contribution < -0.4 is 0 Å². The number of hydrogen-bond donors (Lipinski definition) is 0. The lowest BCUT2D eigenvalue weighted by atomic mass is 9.80. The first-order valence-electron chi connectivity index (χ1n) is 19.9. The van der Waals surface area contributed by atoms with Crippen LogP contribution in [0, 0.1) is 0 Å². The van der Waals surface area contributed by atoms with Crippen LogP contribution in [0.1, 0.15) is 62.1 Å². The highest BCUT2D eigenvalue weighted by Gasteiger charge is 2.23. The zero-order valence-electron chi connectivity index (χ0n) is 33.1. The average molecular weight is 803 g/mol. The van der Waals surface area contributed by atoms with Gasteiger partial charge in [0.2, 0.25) is 0 Å². The van der Waals surface area contributed by atoms with Gasteiger partial charge in [-0.15, -0.1) is 0 Å². The summed E-state index contributed by atoms with van der Waals surface area (Å²) in [7, 11) is 0. The Morgan fingerprint density at radius 3 is 0.532 bits per heavy atom. The van der Waals surface area contributed by atoms with Crippen molar-refractivity contribution in [1.82, 2.24) is 0 Å². The molecular weight excluding hydrogens is 769 g/mol. The highest BCUT2D eigenvalue weighted by molar-refractivity contribution is 6.24. The van der Waals surface area contributed by atoms with Gasteiger partial charge in [-0.25, -0.2) is 0 Å². The van der Waals surface area contributed by atoms with E-state index in [1.807, 2.05) is 72.8 Å². The van der Waals surface area contributed by atoms with Crippen LogP contribution in [0.5, 0.6) is 0 Å². The smallest absolute Gasteiger partial charge is 0.150 e. The third-order valence-corrected chi connectivity index (χ3v) is 11.5. The molecule has 62 heavy (non-hydrogen) atoms. The van der Waals surface area contributed by atoms with Gasteiger partial charge in [0.15, 0.2) is 0 Å². The molecule has 0 N–H and O–H groups in total. The van der Waals surface area contributed by atoms with Gasteiger partial charge in [0, 0.05) is 33.4 Å². The van der Waals surface area contributed by atoms with Crippen LogP contribution in [0.4, 0.5) is 0 Å². The van der Waals surface area contributed by atoms with E-state index < -0.39 is 0 Å². The van der Waals surface area contributed by atoms with Crippen molar-refractivity contribution in [2.75, 3.05) is 0 Å². The molecular formula is C56H34O6. The third kappa shape index (κ3) is 7.16. The molecule has 6 nitrogen and oxygen atoms in total. The van der Waals surface area contributed by atoms with E-state index in [2.05, 4.69) is 24.3 Å². The summed E-state index contributed by atoms with van der Waals surface area (Å²) in [6, 6.07) is 53.4. The maximum atomic E-state index is 11.9. The van der Waals surface area contributed by atoms with E-state index in [0.717, 1.165) is 126 Å². The standard InChI is InChI=1S/C56H34O6/c57-29-35-1-13-41(14-2-35)47-25-51-52(26-48(47)42-15-3-36(30-58)4-16-42)56(46-23-11-40(34-62)12-24-46)54-28-50(44-19-7-38(32-60)8-20-44)49(43-17-5-37(31-59)6-18-43)27-53(54)55(51)45-21-9-39(33-61)10-22-45/h1-34H. The zero-order valence-corrected chi connectivity index (χ0v) is 33.1. The SMILES string of the molecule is O=Cc1ccc(-c2cc3c(-c4ccc(C=O)cc4)c4cc(-c5ccc(C=O)cc5)c(-c5ccc(C=O)cc5)cc4c(-c4ccc(C=O)cc4)c3cc2-c2ccc(C=O)cc2)cc1. The van der Waals surface area contributed by atoms with Crippen molar-refractivity contribution in [2.24, 2.45) is 0 Å². The van der Waals surface area contributed by atoms with Crippen molar-refractivity contribution < 1.29 is 28.8 Å². The molecule has 9 aromatic rings. The molecule has 0 unspecified atom stereocenters. The van der Waals surface area contributed by atoms with Crippen LogP contribution >= 0.6 is 0 Å². The predicted octanol–water partition coefficient (Wildman–Crippen LogP) is 12.9. The summed E-state index contributed by atoms with van der Waals surface area (Å²) < 4.78 is 0. The van der Waals surface area contributed by atoms with Gasteiger partial charge in [-0.1, -0.05) is 146 Å². The fourth-order valence-corrected chi connectivity index (χ4v) is 8.32. The topological polar surface area (TPSA) is 102 Å². The Hall–Kier alpha value is -8.48. The van der Waals surface area contributed by atoms with Crippen molar-refractivity contribution >= 4 is 59.3 Å². The molecule has 9 rings (SSSR count). The van der Waals surface area contributed by atoms with Gasteiger partial charge < -0.3 is 0 Å². The van der Waals surface area contributed by atoms with Crippen LogP contribution in [0.2, 0.25) is 0 Å². The molecule has 9 aromatic carbocycles. The second kappa shape index (κ2) is 16.6. The summed E-state index contributed by atoms with van der Waals surface area (Å²) >= 11 is 0. The fourth-order valence-electron chi connectivity index (χ4n) is 8.32. The van der Waals surface area contributed by atoms with E-state index in [-0.39, 0.29) is 0 Å². The monoisotopic (exact) mass is 802 g/mol. The molecule has 0 aromatic heterocycles. The zero-order chi connectivity index (χ0) is 42.7. The Morgan fingerprint density at radius 2 is 0.371 bits per heavy atom. The molecule has 0 radical (unpaired) electrons. The molecule has 0 saturated heterocycles. The normalized spacial score (nSPS) is 11.0. The molecule has 0 fully saturated rings. The summed E-state index contributed by atoms with van der Waals surface area (Å²) in [5.74, 6) is 0. The molecule has 6 heteroatoms. The number of rotatable bonds is 12. The predicted molar refractivity (Wildman–Crippen MR) is 246 cm³/mol. The Morgan fingerprint density at radius 1 is 0.210 bits per heavy atom. The van der Waals surface area contributed by atoms with Crippen LogP contribution in [0.15, 0.2) is 170 Å². The maximum Gasteiger partial charge on any atom is 0.150 e. The fraction of sp³-hybridized carbons (Fsp3) is 0. The average Bonchev–Trinajstić information content (AvgIpc) is 3.35. The summed E-state index contributed by atoms with van der Waals surface area (Å²) in [4.78, 5) is 71.0. The summed E-state index contributed by atoms with van der Waals surface area (Å²) in [6.45, 7) is 0. The maximum absolute atomic E-state index is 11.9. The Balaban J connectivity index is 1.51. The molecule has 0 saturated carbocycles. The van der Waals surface area contributed by atoms with Crippen molar-refractivity contribution in [3.05, 3.63) is 203 Å². The minimum absolute atomic E-state index is 0.531. The first-order chi connectivity index (χ1) is 30.4. The van der Waals surface area contributed by atoms with E-state index in [9.17, 15) is 28.8 Å². The first-order valence-corrected chi connectivity index (χ1v) is 19.9. The Bertz CT molecular complexity index is 2830. The number of carbonyl (C=O) groups excluding carboxylic acids is 6. The van der Waals surface area contributed by atoms with Gasteiger partial charge in [0.1, 0.15) is 37.7 Å². The Kier molecular flexibility index (Phi) is 10.5. The Labute approximate surface area is 356 Å². The number of aldehydes is 6. The summed E-state index contributed by atoms with van der Waals surface area (Å²) in [5, 5.41) is 3.61. The lowest BCUT2D eigenvalue weighted by Gasteiger charge is -2.23. The van der Waals surface area contributed by atoms with Gasteiger partial charge in [0.25, 0.3) is 0 Å². The molecule has 0 bridgehead atoms. The van der Waals surface area contributed by atoms with Crippen LogP contribution in [0.25, 0.3) is 88.3 Å². The van der Waals surface area contributed by atoms with Gasteiger partial charge in [-0.2, -0.15) is 0 Å². The van der Waals surface area contributed by atoms with Crippen LogP contribution in [-0.4, -0.2) is 37.7 Å². The molecule has 0 atom stereocenters. The minimum atomic E-state index is 0.531. The lowest BCUT2D eigenvalue weighted by Crippen LogP contribution is -1.97. The molecule has 0 aliphatic carbocycles. The highest BCUT2D eigenvalue weighted by atomic mass is 16.1. The van der Waals surface area contributed by atoms with E-state index in [4.69, 9.17) is 0 Å². The minimum Gasteiger partial charge on any atom is -0.298 e. The van der Waals surface area contributed by atoms with Gasteiger partial charge in [0.05, 0.1) is 0 Å². The number of hydrogen-bond acceptors (Lipinski definition) is 6. The molecule has 0 aliphatic heterocycles. The van der Waals surface area contributed by atoms with E-state index >= 15 is 0 Å². The molecule has 0 spiro atoms. The molecule has 0 aliphatic rings. The third-order valence-electron chi connectivity index (χ3n) is 11.5. The largest absolute Gasteiger partial charge is 0.298 e. The van der Waals surface area contributed by atoms with Crippen molar-refractivity contribution in [3.63, 3.8) is 0 Å². The van der Waals surface area contributed by atoms with Crippen molar-refractivity contribution in [1.29, 1.82) is 0 Å². The first kappa shape index (κ1) is 39.0. The number of fused-ring (bicyclic) bond motifs is 2. The van der Waals surface area contributed by atoms with Crippen molar-refractivity contribution in [3.8, 4) is 66.8 Å². The summed E-state index contributed by atoms with van der Waals surface area (Å²) in [6.07, 6.45) is 4.89. The molecule has 0 amide bonds. The highest BCUT2D eigenvalue weighted by Crippen LogP contribution is 2.50. The quantitative estimate of drug-likeness (QED) is 0.0900. The second-order valence-electron chi connectivity index (χ2n) is 15.1. The molecule has 0 heterocycles. The second-order valence-corrected chi connectivity index (χ2v) is 15.1.